The van der Waals surface area contributed by atoms with Gasteiger partial charge in [-0.25, -0.2) is 8.78 Å². The van der Waals surface area contributed by atoms with E-state index in [9.17, 15) is 8.78 Å². The molecule has 1 aromatic heterocycles. The normalized spacial score (nSPS) is 12.7. The Labute approximate surface area is 166 Å². The van der Waals surface area contributed by atoms with Crippen LogP contribution in [0.4, 0.5) is 8.78 Å². The standard InChI is InChI=1S/C24H28F2N2/c1-18(2)19(3)28(16-21-7-4-5-9-24(21)26)17-23-8-6-14-27(23)15-20-10-12-22(25)13-11-20/h4-14,18-19H,15-17H2,1-3H3. The molecule has 148 valence electrons. The van der Waals surface area contributed by atoms with Gasteiger partial charge in [0.2, 0.25) is 0 Å². The van der Waals surface area contributed by atoms with Crippen molar-refractivity contribution in [3.8, 4) is 0 Å². The molecule has 0 spiro atoms. The molecule has 0 aliphatic heterocycles. The quantitative estimate of drug-likeness (QED) is 0.474. The second-order valence-electron chi connectivity index (χ2n) is 7.73. The molecule has 0 radical (unpaired) electrons. The first-order valence-electron chi connectivity index (χ1n) is 9.80. The van der Waals surface area contributed by atoms with E-state index in [4.69, 9.17) is 0 Å². The predicted molar refractivity (Wildman–Crippen MR) is 110 cm³/mol. The zero-order valence-electron chi connectivity index (χ0n) is 16.8. The summed E-state index contributed by atoms with van der Waals surface area (Å²) in [5.41, 5.74) is 2.93. The number of hydrogen-bond donors (Lipinski definition) is 0. The highest BCUT2D eigenvalue weighted by molar-refractivity contribution is 5.20. The molecule has 0 amide bonds. The van der Waals surface area contributed by atoms with Gasteiger partial charge in [-0.15, -0.1) is 0 Å². The Hall–Kier alpha value is -2.46. The van der Waals surface area contributed by atoms with Gasteiger partial charge in [0.15, 0.2) is 0 Å². The zero-order chi connectivity index (χ0) is 20.1. The van der Waals surface area contributed by atoms with E-state index in [2.05, 4.69) is 36.3 Å². The fourth-order valence-corrected chi connectivity index (χ4v) is 3.35. The van der Waals surface area contributed by atoms with Crippen molar-refractivity contribution in [2.24, 2.45) is 5.92 Å². The number of nitrogens with zero attached hydrogens (tertiary/aromatic N) is 2. The largest absolute Gasteiger partial charge is 0.346 e. The highest BCUT2D eigenvalue weighted by Gasteiger charge is 2.20. The van der Waals surface area contributed by atoms with Crippen molar-refractivity contribution in [3.63, 3.8) is 0 Å². The van der Waals surface area contributed by atoms with E-state index >= 15 is 0 Å². The van der Waals surface area contributed by atoms with Crippen LogP contribution in [-0.4, -0.2) is 15.5 Å². The number of halogens is 2. The molecular weight excluding hydrogens is 354 g/mol. The van der Waals surface area contributed by atoms with Crippen molar-refractivity contribution in [1.82, 2.24) is 9.47 Å². The van der Waals surface area contributed by atoms with Crippen LogP contribution < -0.4 is 0 Å². The van der Waals surface area contributed by atoms with Crippen LogP contribution in [0.2, 0.25) is 0 Å². The highest BCUT2D eigenvalue weighted by atomic mass is 19.1. The van der Waals surface area contributed by atoms with Crippen molar-refractivity contribution in [1.29, 1.82) is 0 Å². The second kappa shape index (κ2) is 9.16. The Morgan fingerprint density at radius 1 is 0.857 bits per heavy atom. The van der Waals surface area contributed by atoms with Gasteiger partial charge in [-0.2, -0.15) is 0 Å². The van der Waals surface area contributed by atoms with Crippen LogP contribution in [0.25, 0.3) is 0 Å². The molecule has 0 N–H and O–H groups in total. The van der Waals surface area contributed by atoms with Crippen LogP contribution in [0.3, 0.4) is 0 Å². The molecule has 2 aromatic carbocycles. The van der Waals surface area contributed by atoms with Crippen LogP contribution in [0, 0.1) is 17.6 Å². The first kappa shape index (κ1) is 20.3. The molecule has 2 nitrogen and oxygen atoms in total. The lowest BCUT2D eigenvalue weighted by molar-refractivity contribution is 0.146. The van der Waals surface area contributed by atoms with Gasteiger partial charge in [-0.05, 0) is 48.7 Å². The van der Waals surface area contributed by atoms with Gasteiger partial charge < -0.3 is 4.57 Å². The first-order valence-corrected chi connectivity index (χ1v) is 9.80. The summed E-state index contributed by atoms with van der Waals surface area (Å²) in [6.07, 6.45) is 2.04. The summed E-state index contributed by atoms with van der Waals surface area (Å²) in [6.45, 7) is 8.55. The molecular formula is C24H28F2N2. The molecule has 0 aliphatic rings. The summed E-state index contributed by atoms with van der Waals surface area (Å²) < 4.78 is 29.6. The third kappa shape index (κ3) is 5.08. The molecule has 4 heteroatoms. The third-order valence-electron chi connectivity index (χ3n) is 5.43. The Morgan fingerprint density at radius 3 is 2.25 bits per heavy atom. The van der Waals surface area contributed by atoms with Gasteiger partial charge in [0.25, 0.3) is 0 Å². The molecule has 28 heavy (non-hydrogen) atoms. The summed E-state index contributed by atoms with van der Waals surface area (Å²) in [7, 11) is 0. The highest BCUT2D eigenvalue weighted by Crippen LogP contribution is 2.20. The summed E-state index contributed by atoms with van der Waals surface area (Å²) in [4.78, 5) is 2.32. The Bertz CT molecular complexity index is 884. The van der Waals surface area contributed by atoms with Crippen LogP contribution >= 0.6 is 0 Å². The minimum Gasteiger partial charge on any atom is -0.346 e. The van der Waals surface area contributed by atoms with Crippen molar-refractivity contribution in [2.45, 2.75) is 46.4 Å². The van der Waals surface area contributed by atoms with Crippen LogP contribution in [0.5, 0.6) is 0 Å². The Kier molecular flexibility index (Phi) is 6.63. The predicted octanol–water partition coefficient (Wildman–Crippen LogP) is 5.86. The lowest BCUT2D eigenvalue weighted by atomic mass is 10.0. The smallest absolute Gasteiger partial charge is 0.127 e. The number of benzene rings is 2. The maximum Gasteiger partial charge on any atom is 0.127 e. The van der Waals surface area contributed by atoms with Gasteiger partial charge in [-0.3, -0.25) is 4.90 Å². The van der Waals surface area contributed by atoms with E-state index in [0.29, 0.717) is 30.6 Å². The lowest BCUT2D eigenvalue weighted by Gasteiger charge is -2.32. The van der Waals surface area contributed by atoms with Crippen molar-refractivity contribution >= 4 is 0 Å². The molecule has 3 aromatic rings. The SMILES string of the molecule is CC(C)C(C)N(Cc1ccccc1F)Cc1cccn1Cc1ccc(F)cc1. The van der Waals surface area contributed by atoms with Crippen LogP contribution in [-0.2, 0) is 19.6 Å². The molecule has 1 heterocycles. The van der Waals surface area contributed by atoms with E-state index in [0.717, 1.165) is 17.8 Å². The van der Waals surface area contributed by atoms with Gasteiger partial charge in [-0.1, -0.05) is 44.2 Å². The average Bonchev–Trinajstić information content (AvgIpc) is 3.10. The maximum absolute atomic E-state index is 14.2. The minimum atomic E-state index is -0.224. The fraction of sp³-hybridized carbons (Fsp3) is 0.333. The van der Waals surface area contributed by atoms with E-state index < -0.39 is 0 Å². The third-order valence-corrected chi connectivity index (χ3v) is 5.43. The number of aromatic nitrogens is 1. The molecule has 3 rings (SSSR count). The van der Waals surface area contributed by atoms with Crippen molar-refractivity contribution < 1.29 is 8.78 Å². The monoisotopic (exact) mass is 382 g/mol. The first-order chi connectivity index (χ1) is 13.4. The molecule has 1 unspecified atom stereocenters. The van der Waals surface area contributed by atoms with E-state index in [1.165, 1.54) is 18.2 Å². The van der Waals surface area contributed by atoms with Crippen LogP contribution in [0.15, 0.2) is 66.9 Å². The van der Waals surface area contributed by atoms with Gasteiger partial charge in [0.1, 0.15) is 11.6 Å². The molecule has 0 fully saturated rings. The van der Waals surface area contributed by atoms with Gasteiger partial charge in [0.05, 0.1) is 0 Å². The number of rotatable bonds is 8. The second-order valence-corrected chi connectivity index (χ2v) is 7.73. The molecule has 0 aliphatic carbocycles. The van der Waals surface area contributed by atoms with Gasteiger partial charge >= 0.3 is 0 Å². The molecule has 1 atom stereocenters. The lowest BCUT2D eigenvalue weighted by Crippen LogP contribution is -2.36. The van der Waals surface area contributed by atoms with E-state index in [-0.39, 0.29) is 11.6 Å². The van der Waals surface area contributed by atoms with Gasteiger partial charge in [0, 0.05) is 43.1 Å². The van der Waals surface area contributed by atoms with E-state index in [1.54, 1.807) is 6.07 Å². The van der Waals surface area contributed by atoms with Crippen molar-refractivity contribution in [2.75, 3.05) is 0 Å². The Morgan fingerprint density at radius 2 is 1.57 bits per heavy atom. The average molecular weight is 382 g/mol. The van der Waals surface area contributed by atoms with E-state index in [1.807, 2.05) is 36.5 Å². The fourth-order valence-electron chi connectivity index (χ4n) is 3.35. The van der Waals surface area contributed by atoms with Crippen LogP contribution in [0.1, 0.15) is 37.6 Å². The number of hydrogen-bond acceptors (Lipinski definition) is 1. The summed E-state index contributed by atoms with van der Waals surface area (Å²) >= 11 is 0. The molecule has 0 saturated carbocycles. The summed E-state index contributed by atoms with van der Waals surface area (Å²) in [5.74, 6) is 0.0655. The Balaban J connectivity index is 1.80. The van der Waals surface area contributed by atoms with Crippen molar-refractivity contribution in [3.05, 3.63) is 95.3 Å². The molecule has 0 saturated heterocycles. The summed E-state index contributed by atoms with van der Waals surface area (Å²) in [5, 5.41) is 0. The molecule has 0 bridgehead atoms. The topological polar surface area (TPSA) is 8.17 Å². The minimum absolute atomic E-state index is 0.162. The zero-order valence-corrected chi connectivity index (χ0v) is 16.8. The maximum atomic E-state index is 14.2. The summed E-state index contributed by atoms with van der Waals surface area (Å²) in [6, 6.07) is 18.0.